The first-order chi connectivity index (χ1) is 13.2. The van der Waals surface area contributed by atoms with E-state index in [1.165, 1.54) is 32.4 Å². The van der Waals surface area contributed by atoms with Crippen LogP contribution in [0, 0.1) is 5.92 Å². The lowest BCUT2D eigenvalue weighted by Crippen LogP contribution is -2.40. The van der Waals surface area contributed by atoms with E-state index in [4.69, 9.17) is 0 Å². The molecule has 0 unspecified atom stereocenters. The molecule has 2 aliphatic heterocycles. The van der Waals surface area contributed by atoms with Crippen LogP contribution in [-0.4, -0.2) is 60.9 Å². The molecule has 2 heterocycles. The van der Waals surface area contributed by atoms with Gasteiger partial charge in [0, 0.05) is 31.6 Å². The number of piperidine rings is 2. The van der Waals surface area contributed by atoms with Crippen molar-refractivity contribution in [1.29, 1.82) is 0 Å². The average molecular weight is 372 g/mol. The fraction of sp³-hybridized carbons (Fsp3) is 0.636. The maximum Gasteiger partial charge on any atom is 0.253 e. The molecule has 2 fully saturated rings. The van der Waals surface area contributed by atoms with Crippen LogP contribution in [-0.2, 0) is 4.79 Å². The van der Waals surface area contributed by atoms with Crippen molar-refractivity contribution in [2.24, 2.45) is 5.92 Å². The SMILES string of the molecule is O=C(CC1CCN(C(=O)c2ccccc2)CC1)NCCCN1CCCCC1. The summed E-state index contributed by atoms with van der Waals surface area (Å²) in [6.45, 7) is 5.81. The summed E-state index contributed by atoms with van der Waals surface area (Å²) in [4.78, 5) is 29.1. The summed E-state index contributed by atoms with van der Waals surface area (Å²) in [5.41, 5.74) is 0.752. The molecule has 2 aliphatic rings. The monoisotopic (exact) mass is 371 g/mol. The second-order valence-electron chi connectivity index (χ2n) is 7.91. The van der Waals surface area contributed by atoms with Gasteiger partial charge in [-0.05, 0) is 69.8 Å². The number of hydrogen-bond acceptors (Lipinski definition) is 3. The van der Waals surface area contributed by atoms with Crippen LogP contribution >= 0.6 is 0 Å². The second-order valence-corrected chi connectivity index (χ2v) is 7.91. The Hall–Kier alpha value is -1.88. The van der Waals surface area contributed by atoms with E-state index in [1.54, 1.807) is 0 Å². The van der Waals surface area contributed by atoms with E-state index in [0.717, 1.165) is 51.0 Å². The molecule has 0 aliphatic carbocycles. The zero-order chi connectivity index (χ0) is 18.9. The van der Waals surface area contributed by atoms with Gasteiger partial charge < -0.3 is 15.1 Å². The molecule has 27 heavy (non-hydrogen) atoms. The maximum absolute atomic E-state index is 12.5. The van der Waals surface area contributed by atoms with Gasteiger partial charge in [0.25, 0.3) is 5.91 Å². The Kier molecular flexibility index (Phi) is 7.69. The third-order valence-electron chi connectivity index (χ3n) is 5.82. The van der Waals surface area contributed by atoms with E-state index >= 15 is 0 Å². The Morgan fingerprint density at radius 2 is 1.67 bits per heavy atom. The quantitative estimate of drug-likeness (QED) is 0.750. The lowest BCUT2D eigenvalue weighted by atomic mass is 9.93. The van der Waals surface area contributed by atoms with E-state index in [1.807, 2.05) is 35.2 Å². The van der Waals surface area contributed by atoms with E-state index in [0.29, 0.717) is 12.3 Å². The molecular formula is C22H33N3O2. The van der Waals surface area contributed by atoms with Gasteiger partial charge in [-0.3, -0.25) is 9.59 Å². The molecule has 3 rings (SSSR count). The summed E-state index contributed by atoms with van der Waals surface area (Å²) in [7, 11) is 0. The minimum absolute atomic E-state index is 0.108. The number of rotatable bonds is 7. The molecule has 1 aromatic rings. The summed E-state index contributed by atoms with van der Waals surface area (Å²) in [5, 5.41) is 3.08. The molecule has 1 N–H and O–H groups in total. The van der Waals surface area contributed by atoms with Crippen molar-refractivity contribution in [2.75, 3.05) is 39.3 Å². The molecule has 0 aromatic heterocycles. The molecule has 2 amide bonds. The topological polar surface area (TPSA) is 52.7 Å². The number of likely N-dealkylation sites (tertiary alicyclic amines) is 2. The Morgan fingerprint density at radius 1 is 0.963 bits per heavy atom. The third-order valence-corrected chi connectivity index (χ3v) is 5.82. The summed E-state index contributed by atoms with van der Waals surface area (Å²) in [6.07, 6.45) is 7.46. The molecule has 0 spiro atoms. The molecule has 0 radical (unpaired) electrons. The van der Waals surface area contributed by atoms with Crippen molar-refractivity contribution in [2.45, 2.75) is 44.9 Å². The summed E-state index contributed by atoms with van der Waals surface area (Å²) < 4.78 is 0. The van der Waals surface area contributed by atoms with Crippen molar-refractivity contribution in [1.82, 2.24) is 15.1 Å². The first-order valence-electron chi connectivity index (χ1n) is 10.6. The number of nitrogens with zero attached hydrogens (tertiary/aromatic N) is 2. The average Bonchev–Trinajstić information content (AvgIpc) is 2.73. The fourth-order valence-corrected chi connectivity index (χ4v) is 4.15. The molecule has 0 atom stereocenters. The van der Waals surface area contributed by atoms with E-state index in [2.05, 4.69) is 10.2 Å². The summed E-state index contributed by atoms with van der Waals surface area (Å²) in [5.74, 6) is 0.671. The van der Waals surface area contributed by atoms with Crippen molar-refractivity contribution in [3.63, 3.8) is 0 Å². The Balaban J connectivity index is 1.29. The minimum atomic E-state index is 0.108. The molecule has 0 bridgehead atoms. The molecule has 0 saturated carbocycles. The molecule has 5 heteroatoms. The normalized spacial score (nSPS) is 19.0. The van der Waals surface area contributed by atoms with Crippen LogP contribution in [0.25, 0.3) is 0 Å². The van der Waals surface area contributed by atoms with Crippen molar-refractivity contribution >= 4 is 11.8 Å². The van der Waals surface area contributed by atoms with Gasteiger partial charge in [-0.25, -0.2) is 0 Å². The van der Waals surface area contributed by atoms with Gasteiger partial charge in [-0.2, -0.15) is 0 Å². The van der Waals surface area contributed by atoms with Crippen LogP contribution in [0.3, 0.4) is 0 Å². The molecule has 2 saturated heterocycles. The Labute approximate surface area is 163 Å². The molecule has 5 nitrogen and oxygen atoms in total. The molecule has 1 aromatic carbocycles. The van der Waals surface area contributed by atoms with Crippen LogP contribution in [0.1, 0.15) is 55.3 Å². The summed E-state index contributed by atoms with van der Waals surface area (Å²) >= 11 is 0. The third kappa shape index (κ3) is 6.35. The van der Waals surface area contributed by atoms with Crippen LogP contribution in [0.2, 0.25) is 0 Å². The number of benzene rings is 1. The standard InChI is InChI=1S/C22H33N3O2/c26-21(23-12-7-15-24-13-5-2-6-14-24)18-19-10-16-25(17-11-19)22(27)20-8-3-1-4-9-20/h1,3-4,8-9,19H,2,5-7,10-18H2,(H,23,26). The first kappa shape index (κ1) is 19.9. The van der Waals surface area contributed by atoms with Gasteiger partial charge in [0.05, 0.1) is 0 Å². The largest absolute Gasteiger partial charge is 0.356 e. The van der Waals surface area contributed by atoms with Crippen molar-refractivity contribution < 1.29 is 9.59 Å². The highest BCUT2D eigenvalue weighted by atomic mass is 16.2. The Morgan fingerprint density at radius 3 is 2.37 bits per heavy atom. The highest BCUT2D eigenvalue weighted by molar-refractivity contribution is 5.94. The van der Waals surface area contributed by atoms with Gasteiger partial charge in [-0.15, -0.1) is 0 Å². The molecular weight excluding hydrogens is 338 g/mol. The van der Waals surface area contributed by atoms with Crippen LogP contribution in [0.5, 0.6) is 0 Å². The highest BCUT2D eigenvalue weighted by Crippen LogP contribution is 2.21. The zero-order valence-corrected chi connectivity index (χ0v) is 16.4. The number of carbonyl (C=O) groups is 2. The smallest absolute Gasteiger partial charge is 0.253 e. The maximum atomic E-state index is 12.5. The lowest BCUT2D eigenvalue weighted by Gasteiger charge is -2.32. The Bertz CT molecular complexity index is 591. The number of amides is 2. The second kappa shape index (κ2) is 10.5. The molecule has 148 valence electrons. The number of nitrogens with one attached hydrogen (secondary N) is 1. The fourth-order valence-electron chi connectivity index (χ4n) is 4.15. The van der Waals surface area contributed by atoms with E-state index in [9.17, 15) is 9.59 Å². The highest BCUT2D eigenvalue weighted by Gasteiger charge is 2.24. The van der Waals surface area contributed by atoms with E-state index < -0.39 is 0 Å². The zero-order valence-electron chi connectivity index (χ0n) is 16.4. The number of hydrogen-bond donors (Lipinski definition) is 1. The van der Waals surface area contributed by atoms with Gasteiger partial charge in [-0.1, -0.05) is 24.6 Å². The van der Waals surface area contributed by atoms with Crippen molar-refractivity contribution in [3.05, 3.63) is 35.9 Å². The summed E-state index contributed by atoms with van der Waals surface area (Å²) in [6, 6.07) is 9.46. The van der Waals surface area contributed by atoms with Crippen LogP contribution in [0.15, 0.2) is 30.3 Å². The van der Waals surface area contributed by atoms with Gasteiger partial charge >= 0.3 is 0 Å². The predicted molar refractivity (Wildman–Crippen MR) is 108 cm³/mol. The van der Waals surface area contributed by atoms with Gasteiger partial charge in [0.2, 0.25) is 5.91 Å². The van der Waals surface area contributed by atoms with Crippen LogP contribution < -0.4 is 5.32 Å². The van der Waals surface area contributed by atoms with Gasteiger partial charge in [0.1, 0.15) is 0 Å². The van der Waals surface area contributed by atoms with Crippen molar-refractivity contribution in [3.8, 4) is 0 Å². The predicted octanol–water partition coefficient (Wildman–Crippen LogP) is 2.92. The lowest BCUT2D eigenvalue weighted by molar-refractivity contribution is -0.122. The van der Waals surface area contributed by atoms with Crippen LogP contribution in [0.4, 0.5) is 0 Å². The minimum Gasteiger partial charge on any atom is -0.356 e. The number of carbonyl (C=O) groups excluding carboxylic acids is 2. The van der Waals surface area contributed by atoms with Gasteiger partial charge in [0.15, 0.2) is 0 Å². The first-order valence-corrected chi connectivity index (χ1v) is 10.6. The van der Waals surface area contributed by atoms with E-state index in [-0.39, 0.29) is 11.8 Å².